The van der Waals surface area contributed by atoms with Crippen LogP contribution in [0.2, 0.25) is 0 Å². The number of carbonyl (C=O) groups is 2. The molecule has 1 heterocycles. The summed E-state index contributed by atoms with van der Waals surface area (Å²) >= 11 is 0. The topological polar surface area (TPSA) is 74.3 Å². The summed E-state index contributed by atoms with van der Waals surface area (Å²) in [4.78, 5) is 29.6. The van der Waals surface area contributed by atoms with Crippen molar-refractivity contribution in [1.29, 1.82) is 0 Å². The molecule has 20 heavy (non-hydrogen) atoms. The van der Waals surface area contributed by atoms with E-state index in [1.165, 1.54) is 12.3 Å². The molecule has 2 N–H and O–H groups in total. The minimum absolute atomic E-state index is 0.231. The van der Waals surface area contributed by atoms with Gasteiger partial charge in [0.25, 0.3) is 11.8 Å². The number of pyridine rings is 1. The van der Waals surface area contributed by atoms with Crippen LogP contribution in [0.3, 0.4) is 0 Å². The third-order valence-electron chi connectivity index (χ3n) is 2.51. The first-order valence-corrected chi connectivity index (χ1v) is 6.32. The van der Waals surface area contributed by atoms with Crippen LogP contribution in [0.5, 0.6) is 0 Å². The lowest BCUT2D eigenvalue weighted by Gasteiger charge is -2.10. The fraction of sp³-hybridized carbons (Fsp3) is 0.357. The Morgan fingerprint density at radius 3 is 2.75 bits per heavy atom. The number of carbonyl (C=O) groups excluding carboxylic acids is 2. The van der Waals surface area contributed by atoms with Crippen molar-refractivity contribution in [2.24, 2.45) is 0 Å². The van der Waals surface area contributed by atoms with Gasteiger partial charge in [-0.1, -0.05) is 6.08 Å². The van der Waals surface area contributed by atoms with Gasteiger partial charge >= 0.3 is 0 Å². The normalized spacial score (nSPS) is 10.2. The Hall–Kier alpha value is -2.21. The Bertz CT molecular complexity index is 486. The molecule has 0 aliphatic heterocycles. The average Bonchev–Trinajstić information content (AvgIpc) is 2.44. The second-order valence-electron chi connectivity index (χ2n) is 4.49. The lowest BCUT2D eigenvalue weighted by molar-refractivity contribution is 0.0946. The Kier molecular flexibility index (Phi) is 6.39. The van der Waals surface area contributed by atoms with Gasteiger partial charge in [-0.15, -0.1) is 6.58 Å². The highest BCUT2D eigenvalue weighted by Crippen LogP contribution is 2.02. The Balaban J connectivity index is 2.64. The van der Waals surface area contributed by atoms with Crippen LogP contribution >= 0.6 is 0 Å². The molecule has 0 atom stereocenters. The number of likely N-dealkylation sites (N-methyl/N-ethyl adjacent to an activating group) is 1. The second kappa shape index (κ2) is 8.06. The number of amides is 2. The molecular weight excluding hydrogens is 256 g/mol. The molecule has 0 radical (unpaired) electrons. The van der Waals surface area contributed by atoms with E-state index in [1.807, 2.05) is 19.0 Å². The molecule has 6 nitrogen and oxygen atoms in total. The van der Waals surface area contributed by atoms with Crippen LogP contribution in [0, 0.1) is 0 Å². The number of nitrogens with zero attached hydrogens (tertiary/aromatic N) is 2. The molecule has 0 aliphatic carbocycles. The summed E-state index contributed by atoms with van der Waals surface area (Å²) in [5.74, 6) is -0.542. The summed E-state index contributed by atoms with van der Waals surface area (Å²) in [7, 11) is 3.85. The summed E-state index contributed by atoms with van der Waals surface area (Å²) in [5, 5.41) is 5.40. The minimum atomic E-state index is -0.287. The maximum atomic E-state index is 11.9. The largest absolute Gasteiger partial charge is 0.349 e. The van der Waals surface area contributed by atoms with Gasteiger partial charge < -0.3 is 15.5 Å². The maximum absolute atomic E-state index is 11.9. The van der Waals surface area contributed by atoms with Crippen LogP contribution in [-0.2, 0) is 0 Å². The van der Waals surface area contributed by atoms with Gasteiger partial charge in [0.1, 0.15) is 5.69 Å². The van der Waals surface area contributed by atoms with Gasteiger partial charge in [-0.05, 0) is 26.2 Å². The summed E-state index contributed by atoms with van der Waals surface area (Å²) in [6, 6.07) is 3.04. The van der Waals surface area contributed by atoms with E-state index in [1.54, 1.807) is 12.1 Å². The van der Waals surface area contributed by atoms with Gasteiger partial charge in [-0.3, -0.25) is 14.6 Å². The molecule has 0 aromatic carbocycles. The summed E-state index contributed by atoms with van der Waals surface area (Å²) in [6.45, 7) is 5.17. The van der Waals surface area contributed by atoms with Gasteiger partial charge in [0.05, 0.1) is 0 Å². The molecule has 108 valence electrons. The first-order chi connectivity index (χ1) is 9.54. The van der Waals surface area contributed by atoms with E-state index in [9.17, 15) is 9.59 Å². The fourth-order valence-electron chi connectivity index (χ4n) is 1.45. The second-order valence-corrected chi connectivity index (χ2v) is 4.49. The first-order valence-electron chi connectivity index (χ1n) is 6.32. The van der Waals surface area contributed by atoms with E-state index in [0.717, 1.165) is 6.54 Å². The third-order valence-corrected chi connectivity index (χ3v) is 2.51. The SMILES string of the molecule is C=CCNC(=O)c1ccnc(C(=O)NCCN(C)C)c1. The predicted molar refractivity (Wildman–Crippen MR) is 77.7 cm³/mol. The van der Waals surface area contributed by atoms with E-state index >= 15 is 0 Å². The van der Waals surface area contributed by atoms with E-state index in [4.69, 9.17) is 0 Å². The number of hydrogen-bond acceptors (Lipinski definition) is 4. The van der Waals surface area contributed by atoms with Gasteiger partial charge in [0, 0.05) is 31.4 Å². The molecule has 0 unspecified atom stereocenters. The van der Waals surface area contributed by atoms with Gasteiger partial charge in [0.2, 0.25) is 0 Å². The monoisotopic (exact) mass is 276 g/mol. The highest BCUT2D eigenvalue weighted by atomic mass is 16.2. The molecule has 0 spiro atoms. The molecule has 0 saturated heterocycles. The smallest absolute Gasteiger partial charge is 0.269 e. The summed E-state index contributed by atoms with van der Waals surface area (Å²) < 4.78 is 0. The minimum Gasteiger partial charge on any atom is -0.349 e. The molecule has 2 amide bonds. The maximum Gasteiger partial charge on any atom is 0.269 e. The van der Waals surface area contributed by atoms with Crippen LogP contribution in [0.4, 0.5) is 0 Å². The molecule has 0 aliphatic rings. The lowest BCUT2D eigenvalue weighted by atomic mass is 10.2. The molecular formula is C14H20N4O2. The highest BCUT2D eigenvalue weighted by molar-refractivity contribution is 5.98. The van der Waals surface area contributed by atoms with Crippen molar-refractivity contribution >= 4 is 11.8 Å². The number of hydrogen-bond donors (Lipinski definition) is 2. The van der Waals surface area contributed by atoms with Gasteiger partial charge in [0.15, 0.2) is 0 Å². The summed E-state index contributed by atoms with van der Waals surface area (Å²) in [6.07, 6.45) is 3.04. The van der Waals surface area contributed by atoms with Crippen LogP contribution in [0.1, 0.15) is 20.8 Å². The standard InChI is InChI=1S/C14H20N4O2/c1-4-6-16-13(19)11-5-7-15-12(10-11)14(20)17-8-9-18(2)3/h4-5,7,10H,1,6,8-9H2,2-3H3,(H,16,19)(H,17,20). The predicted octanol–water partition coefficient (Wildman–Crippen LogP) is 0.289. The Morgan fingerprint density at radius 1 is 1.35 bits per heavy atom. The number of aromatic nitrogens is 1. The van der Waals surface area contributed by atoms with Crippen LogP contribution < -0.4 is 10.6 Å². The van der Waals surface area contributed by atoms with Crippen molar-refractivity contribution in [1.82, 2.24) is 20.5 Å². The van der Waals surface area contributed by atoms with Gasteiger partial charge in [-0.2, -0.15) is 0 Å². The number of rotatable bonds is 7. The van der Waals surface area contributed by atoms with Crippen LogP contribution in [0.15, 0.2) is 31.0 Å². The van der Waals surface area contributed by atoms with Crippen molar-refractivity contribution < 1.29 is 9.59 Å². The molecule has 0 bridgehead atoms. The van der Waals surface area contributed by atoms with E-state index in [0.29, 0.717) is 18.7 Å². The van der Waals surface area contributed by atoms with Crippen molar-refractivity contribution in [2.45, 2.75) is 0 Å². The molecule has 1 rings (SSSR count). The number of nitrogens with one attached hydrogen (secondary N) is 2. The van der Waals surface area contributed by atoms with E-state index in [2.05, 4.69) is 22.2 Å². The average molecular weight is 276 g/mol. The van der Waals surface area contributed by atoms with Crippen molar-refractivity contribution in [3.63, 3.8) is 0 Å². The van der Waals surface area contributed by atoms with Crippen molar-refractivity contribution in [3.05, 3.63) is 42.2 Å². The zero-order chi connectivity index (χ0) is 15.0. The molecule has 1 aromatic heterocycles. The quantitative estimate of drug-likeness (QED) is 0.702. The fourth-order valence-corrected chi connectivity index (χ4v) is 1.45. The zero-order valence-corrected chi connectivity index (χ0v) is 11.8. The molecule has 6 heteroatoms. The molecule has 0 saturated carbocycles. The summed E-state index contributed by atoms with van der Waals surface area (Å²) in [5.41, 5.74) is 0.634. The van der Waals surface area contributed by atoms with E-state index < -0.39 is 0 Å². The lowest BCUT2D eigenvalue weighted by Crippen LogP contribution is -2.32. The first kappa shape index (κ1) is 15.8. The Morgan fingerprint density at radius 2 is 2.10 bits per heavy atom. The third kappa shape index (κ3) is 5.19. The molecule has 1 aromatic rings. The van der Waals surface area contributed by atoms with Crippen LogP contribution in [0.25, 0.3) is 0 Å². The van der Waals surface area contributed by atoms with Gasteiger partial charge in [-0.25, -0.2) is 0 Å². The Labute approximate surface area is 118 Å². The van der Waals surface area contributed by atoms with Crippen molar-refractivity contribution in [3.8, 4) is 0 Å². The van der Waals surface area contributed by atoms with Crippen molar-refractivity contribution in [2.75, 3.05) is 33.7 Å². The van der Waals surface area contributed by atoms with Crippen LogP contribution in [-0.4, -0.2) is 55.4 Å². The molecule has 0 fully saturated rings. The zero-order valence-electron chi connectivity index (χ0n) is 11.8. The highest BCUT2D eigenvalue weighted by Gasteiger charge is 2.11. The van der Waals surface area contributed by atoms with E-state index in [-0.39, 0.29) is 17.5 Å².